The van der Waals surface area contributed by atoms with Crippen LogP contribution in [0.4, 0.5) is 5.69 Å². The third kappa shape index (κ3) is 3.14. The number of hydrogen-bond donors (Lipinski definition) is 2. The lowest BCUT2D eigenvalue weighted by molar-refractivity contribution is 0.881. The molecular weight excluding hydrogens is 266 g/mol. The van der Waals surface area contributed by atoms with Crippen molar-refractivity contribution in [1.29, 1.82) is 0 Å². The topological polar surface area (TPSA) is 50.9 Å². The molecule has 0 radical (unpaired) electrons. The molecule has 1 aromatic heterocycles. The second-order valence-electron chi connectivity index (χ2n) is 4.91. The van der Waals surface area contributed by atoms with Crippen molar-refractivity contribution in [2.75, 3.05) is 5.32 Å². The van der Waals surface area contributed by atoms with Gasteiger partial charge in [-0.3, -0.25) is 4.98 Å². The number of aromatic nitrogens is 1. The number of aryl methyl sites for hydroxylation is 2. The van der Waals surface area contributed by atoms with Gasteiger partial charge >= 0.3 is 0 Å². The summed E-state index contributed by atoms with van der Waals surface area (Å²) >= 11 is 5.15. The van der Waals surface area contributed by atoms with E-state index in [0.29, 0.717) is 4.99 Å². The van der Waals surface area contributed by atoms with Crippen LogP contribution in [0.2, 0.25) is 0 Å². The van der Waals surface area contributed by atoms with E-state index in [1.54, 1.807) is 0 Å². The van der Waals surface area contributed by atoms with Gasteiger partial charge in [0.05, 0.1) is 5.56 Å². The quantitative estimate of drug-likeness (QED) is 0.844. The van der Waals surface area contributed by atoms with Gasteiger partial charge in [0.15, 0.2) is 0 Å². The molecule has 2 aromatic rings. The number of pyridine rings is 1. The van der Waals surface area contributed by atoms with Crippen LogP contribution in [0.3, 0.4) is 0 Å². The van der Waals surface area contributed by atoms with Crippen molar-refractivity contribution >= 4 is 22.9 Å². The van der Waals surface area contributed by atoms with Gasteiger partial charge in [-0.1, -0.05) is 42.5 Å². The predicted octanol–water partition coefficient (Wildman–Crippen LogP) is 3.51. The molecule has 104 valence electrons. The predicted molar refractivity (Wildman–Crippen MR) is 88.1 cm³/mol. The maximum atomic E-state index is 5.83. The average molecular weight is 285 g/mol. The Morgan fingerprint density at radius 3 is 2.50 bits per heavy atom. The van der Waals surface area contributed by atoms with Gasteiger partial charge in [-0.15, -0.1) is 0 Å². The molecule has 0 bridgehead atoms. The van der Waals surface area contributed by atoms with E-state index in [2.05, 4.69) is 29.4 Å². The van der Waals surface area contributed by atoms with E-state index in [1.165, 1.54) is 5.56 Å². The molecule has 4 heteroatoms. The molecule has 1 aromatic carbocycles. The molecule has 3 N–H and O–H groups in total. The fourth-order valence-corrected chi connectivity index (χ4v) is 2.57. The van der Waals surface area contributed by atoms with Crippen LogP contribution in [-0.2, 0) is 0 Å². The SMILES string of the molecule is Cc1cc(NC(C)c2ccccc2)c(C(N)=S)c(C)n1. The average Bonchev–Trinajstić information content (AvgIpc) is 2.38. The summed E-state index contributed by atoms with van der Waals surface area (Å²) in [4.78, 5) is 4.80. The van der Waals surface area contributed by atoms with Crippen LogP contribution < -0.4 is 11.1 Å². The van der Waals surface area contributed by atoms with E-state index in [0.717, 1.165) is 22.6 Å². The van der Waals surface area contributed by atoms with Crippen molar-refractivity contribution in [2.24, 2.45) is 5.73 Å². The number of anilines is 1. The molecule has 0 fully saturated rings. The monoisotopic (exact) mass is 285 g/mol. The van der Waals surface area contributed by atoms with Crippen LogP contribution in [0.25, 0.3) is 0 Å². The summed E-state index contributed by atoms with van der Waals surface area (Å²) in [6, 6.07) is 12.4. The highest BCUT2D eigenvalue weighted by Crippen LogP contribution is 2.24. The first kappa shape index (κ1) is 14.5. The molecule has 0 saturated heterocycles. The lowest BCUT2D eigenvalue weighted by Gasteiger charge is -2.19. The van der Waals surface area contributed by atoms with Crippen molar-refractivity contribution in [3.63, 3.8) is 0 Å². The number of hydrogen-bond acceptors (Lipinski definition) is 3. The van der Waals surface area contributed by atoms with Crippen LogP contribution >= 0.6 is 12.2 Å². The largest absolute Gasteiger partial charge is 0.389 e. The van der Waals surface area contributed by atoms with Crippen molar-refractivity contribution in [3.8, 4) is 0 Å². The maximum Gasteiger partial charge on any atom is 0.107 e. The zero-order valence-electron chi connectivity index (χ0n) is 12.0. The normalized spacial score (nSPS) is 11.9. The molecule has 1 atom stereocenters. The van der Waals surface area contributed by atoms with E-state index < -0.39 is 0 Å². The van der Waals surface area contributed by atoms with Gasteiger partial charge in [0.1, 0.15) is 4.99 Å². The smallest absolute Gasteiger partial charge is 0.107 e. The van der Waals surface area contributed by atoms with E-state index in [-0.39, 0.29) is 6.04 Å². The Morgan fingerprint density at radius 1 is 1.25 bits per heavy atom. The van der Waals surface area contributed by atoms with E-state index in [1.807, 2.05) is 38.1 Å². The summed E-state index contributed by atoms with van der Waals surface area (Å²) in [5, 5.41) is 3.48. The summed E-state index contributed by atoms with van der Waals surface area (Å²) in [6.45, 7) is 6.01. The second-order valence-corrected chi connectivity index (χ2v) is 5.35. The summed E-state index contributed by atoms with van der Waals surface area (Å²) in [5.74, 6) is 0. The first-order valence-electron chi connectivity index (χ1n) is 6.58. The van der Waals surface area contributed by atoms with Crippen molar-refractivity contribution in [1.82, 2.24) is 4.98 Å². The van der Waals surface area contributed by atoms with Gasteiger partial charge in [-0.05, 0) is 32.4 Å². The van der Waals surface area contributed by atoms with Crippen LogP contribution in [-0.4, -0.2) is 9.97 Å². The highest BCUT2D eigenvalue weighted by molar-refractivity contribution is 7.80. The van der Waals surface area contributed by atoms with Crippen molar-refractivity contribution in [3.05, 3.63) is 58.9 Å². The molecule has 2 rings (SSSR count). The van der Waals surface area contributed by atoms with Gasteiger partial charge in [0, 0.05) is 23.1 Å². The molecule has 20 heavy (non-hydrogen) atoms. The zero-order valence-corrected chi connectivity index (χ0v) is 12.8. The van der Waals surface area contributed by atoms with Crippen LogP contribution in [0.1, 0.15) is 35.5 Å². The van der Waals surface area contributed by atoms with Gasteiger partial charge in [-0.25, -0.2) is 0 Å². The minimum atomic E-state index is 0.172. The Kier molecular flexibility index (Phi) is 4.35. The molecular formula is C16H19N3S. The maximum absolute atomic E-state index is 5.83. The Labute approximate surface area is 125 Å². The highest BCUT2D eigenvalue weighted by atomic mass is 32.1. The molecule has 0 aliphatic heterocycles. The van der Waals surface area contributed by atoms with Gasteiger partial charge in [-0.2, -0.15) is 0 Å². The molecule has 0 aliphatic carbocycles. The Hall–Kier alpha value is -1.94. The minimum Gasteiger partial charge on any atom is -0.389 e. The molecule has 0 saturated carbocycles. The van der Waals surface area contributed by atoms with Crippen LogP contribution in [0, 0.1) is 13.8 Å². The molecule has 1 heterocycles. The van der Waals surface area contributed by atoms with Crippen molar-refractivity contribution < 1.29 is 0 Å². The van der Waals surface area contributed by atoms with Gasteiger partial charge in [0.2, 0.25) is 0 Å². The third-order valence-corrected chi connectivity index (χ3v) is 3.45. The van der Waals surface area contributed by atoms with Crippen LogP contribution in [0.5, 0.6) is 0 Å². The number of rotatable bonds is 4. The number of thiocarbonyl (C=S) groups is 1. The zero-order chi connectivity index (χ0) is 14.7. The molecule has 3 nitrogen and oxygen atoms in total. The number of nitrogens with two attached hydrogens (primary N) is 1. The standard InChI is InChI=1S/C16H19N3S/c1-10-9-14(15(16(17)20)12(3)18-10)19-11(2)13-7-5-4-6-8-13/h4-9,11H,1-3H3,(H2,17,20)(H,18,19). The molecule has 1 unspecified atom stereocenters. The summed E-state index contributed by atoms with van der Waals surface area (Å²) in [5.41, 5.74) is 10.6. The number of benzene rings is 1. The van der Waals surface area contributed by atoms with Crippen LogP contribution in [0.15, 0.2) is 36.4 Å². The lowest BCUT2D eigenvalue weighted by Crippen LogP contribution is -2.17. The first-order chi connectivity index (χ1) is 9.49. The lowest BCUT2D eigenvalue weighted by atomic mass is 10.1. The molecule has 0 spiro atoms. The van der Waals surface area contributed by atoms with E-state index in [9.17, 15) is 0 Å². The summed E-state index contributed by atoms with van der Waals surface area (Å²) in [7, 11) is 0. The summed E-state index contributed by atoms with van der Waals surface area (Å²) < 4.78 is 0. The van der Waals surface area contributed by atoms with E-state index in [4.69, 9.17) is 18.0 Å². The number of nitrogens with zero attached hydrogens (tertiary/aromatic N) is 1. The fourth-order valence-electron chi connectivity index (χ4n) is 2.31. The fraction of sp³-hybridized carbons (Fsp3) is 0.250. The Balaban J connectivity index is 2.36. The third-order valence-electron chi connectivity index (χ3n) is 3.25. The first-order valence-corrected chi connectivity index (χ1v) is 6.99. The molecule has 0 aliphatic rings. The second kappa shape index (κ2) is 6.01. The highest BCUT2D eigenvalue weighted by Gasteiger charge is 2.13. The summed E-state index contributed by atoms with van der Waals surface area (Å²) in [6.07, 6.45) is 0. The van der Waals surface area contributed by atoms with Gasteiger partial charge in [0.25, 0.3) is 0 Å². The van der Waals surface area contributed by atoms with E-state index >= 15 is 0 Å². The Morgan fingerprint density at radius 2 is 1.90 bits per heavy atom. The minimum absolute atomic E-state index is 0.172. The molecule has 0 amide bonds. The van der Waals surface area contributed by atoms with Crippen molar-refractivity contribution in [2.45, 2.75) is 26.8 Å². The van der Waals surface area contributed by atoms with Gasteiger partial charge < -0.3 is 11.1 Å². The number of nitrogens with one attached hydrogen (secondary N) is 1. The Bertz CT molecular complexity index is 623.